The number of halogens is 4. The van der Waals surface area contributed by atoms with E-state index in [9.17, 15) is 18.0 Å². The molecule has 10 heteroatoms. The van der Waals surface area contributed by atoms with Crippen molar-refractivity contribution in [2.75, 3.05) is 5.43 Å². The molecule has 0 fully saturated rings. The molecule has 0 aliphatic rings. The van der Waals surface area contributed by atoms with Crippen molar-refractivity contribution in [3.05, 3.63) is 64.5 Å². The molecule has 0 saturated heterocycles. The Morgan fingerprint density at radius 2 is 1.89 bits per heavy atom. The molecule has 140 valence electrons. The fourth-order valence-corrected chi connectivity index (χ4v) is 2.55. The van der Waals surface area contributed by atoms with E-state index in [4.69, 9.17) is 16.1 Å². The highest BCUT2D eigenvalue weighted by Crippen LogP contribution is 2.31. The topological polar surface area (TPSA) is 80.0 Å². The van der Waals surface area contributed by atoms with Crippen molar-refractivity contribution in [1.29, 1.82) is 0 Å². The van der Waals surface area contributed by atoms with Crippen molar-refractivity contribution in [1.82, 2.24) is 15.6 Å². The molecule has 0 unspecified atom stereocenters. The van der Waals surface area contributed by atoms with Crippen LogP contribution in [-0.2, 0) is 6.18 Å². The third-order valence-corrected chi connectivity index (χ3v) is 3.89. The molecule has 2 heterocycles. The minimum atomic E-state index is -4.59. The van der Waals surface area contributed by atoms with Crippen LogP contribution in [0.2, 0.25) is 5.02 Å². The molecule has 1 amide bonds. The number of aryl methyl sites for hydroxylation is 1. The summed E-state index contributed by atoms with van der Waals surface area (Å²) in [4.78, 5) is 15.9. The first-order valence-corrected chi connectivity index (χ1v) is 7.97. The second-order valence-corrected chi connectivity index (χ2v) is 5.83. The molecule has 0 saturated carbocycles. The molecule has 6 nitrogen and oxygen atoms in total. The monoisotopic (exact) mass is 396 g/mol. The van der Waals surface area contributed by atoms with Gasteiger partial charge in [-0.05, 0) is 25.1 Å². The molecule has 3 aromatic rings. The van der Waals surface area contributed by atoms with Gasteiger partial charge in [0.05, 0.1) is 5.02 Å². The number of pyridine rings is 1. The van der Waals surface area contributed by atoms with Gasteiger partial charge in [0.1, 0.15) is 28.5 Å². The Labute approximate surface area is 156 Å². The fraction of sp³-hybridized carbons (Fsp3) is 0.118. The summed E-state index contributed by atoms with van der Waals surface area (Å²) in [6.45, 7) is 1.53. The van der Waals surface area contributed by atoms with Crippen LogP contribution in [0.4, 0.5) is 19.0 Å². The lowest BCUT2D eigenvalue weighted by atomic mass is 10.1. The number of aromatic nitrogens is 2. The van der Waals surface area contributed by atoms with Gasteiger partial charge in [0.2, 0.25) is 0 Å². The lowest BCUT2D eigenvalue weighted by molar-refractivity contribution is -0.141. The highest BCUT2D eigenvalue weighted by molar-refractivity contribution is 6.33. The first kappa shape index (κ1) is 18.7. The minimum Gasteiger partial charge on any atom is -0.360 e. The normalized spacial score (nSPS) is 11.3. The molecule has 0 atom stereocenters. The van der Waals surface area contributed by atoms with Crippen molar-refractivity contribution in [3.63, 3.8) is 0 Å². The van der Waals surface area contributed by atoms with Crippen LogP contribution in [0, 0.1) is 6.92 Å². The van der Waals surface area contributed by atoms with Crippen molar-refractivity contribution in [2.24, 2.45) is 0 Å². The molecule has 3 rings (SSSR count). The molecule has 0 radical (unpaired) electrons. The summed E-state index contributed by atoms with van der Waals surface area (Å²) in [5.74, 6) is -0.615. The standard InChI is InChI=1S/C17H12ClF3N4O2/c1-9-14(15(25-27-9)10-5-2-3-6-11(10)18)16(26)24-23-13-8-4-7-12(22-13)17(19,20)21/h2-8H,1H3,(H,22,23)(H,24,26). The number of carbonyl (C=O) groups excluding carboxylic acids is 1. The van der Waals surface area contributed by atoms with Gasteiger partial charge in [-0.25, -0.2) is 4.98 Å². The molecule has 0 aliphatic heterocycles. The van der Waals surface area contributed by atoms with Gasteiger partial charge in [-0.3, -0.25) is 15.6 Å². The molecule has 0 bridgehead atoms. The Bertz CT molecular complexity index is 988. The van der Waals surface area contributed by atoms with Crippen LogP contribution in [0.25, 0.3) is 11.3 Å². The molecule has 0 aliphatic carbocycles. The molecular weight excluding hydrogens is 385 g/mol. The lowest BCUT2D eigenvalue weighted by Gasteiger charge is -2.11. The van der Waals surface area contributed by atoms with E-state index in [1.165, 1.54) is 19.1 Å². The predicted molar refractivity (Wildman–Crippen MR) is 92.0 cm³/mol. The van der Waals surface area contributed by atoms with E-state index in [1.54, 1.807) is 24.3 Å². The van der Waals surface area contributed by atoms with E-state index < -0.39 is 17.8 Å². The van der Waals surface area contributed by atoms with Gasteiger partial charge in [-0.1, -0.05) is 41.0 Å². The third kappa shape index (κ3) is 4.03. The Kier molecular flexibility index (Phi) is 5.04. The number of anilines is 1. The molecular formula is C17H12ClF3N4O2. The van der Waals surface area contributed by atoms with Crippen molar-refractivity contribution in [3.8, 4) is 11.3 Å². The summed E-state index contributed by atoms with van der Waals surface area (Å²) in [7, 11) is 0. The summed E-state index contributed by atoms with van der Waals surface area (Å²) in [6.07, 6.45) is -4.59. The Balaban J connectivity index is 1.82. The highest BCUT2D eigenvalue weighted by atomic mass is 35.5. The van der Waals surface area contributed by atoms with E-state index in [-0.39, 0.29) is 22.8 Å². The van der Waals surface area contributed by atoms with Gasteiger partial charge in [0, 0.05) is 5.56 Å². The molecule has 1 aromatic carbocycles. The van der Waals surface area contributed by atoms with E-state index in [0.29, 0.717) is 10.6 Å². The number of carbonyl (C=O) groups is 1. The van der Waals surface area contributed by atoms with Crippen LogP contribution < -0.4 is 10.9 Å². The maximum Gasteiger partial charge on any atom is 0.433 e. The number of hydrogen-bond acceptors (Lipinski definition) is 5. The van der Waals surface area contributed by atoms with Crippen LogP contribution in [-0.4, -0.2) is 16.0 Å². The van der Waals surface area contributed by atoms with Crippen LogP contribution in [0.3, 0.4) is 0 Å². The second kappa shape index (κ2) is 7.28. The van der Waals surface area contributed by atoms with Crippen LogP contribution in [0.5, 0.6) is 0 Å². The van der Waals surface area contributed by atoms with Crippen molar-refractivity contribution < 1.29 is 22.5 Å². The van der Waals surface area contributed by atoms with Crippen molar-refractivity contribution in [2.45, 2.75) is 13.1 Å². The second-order valence-electron chi connectivity index (χ2n) is 5.43. The van der Waals surface area contributed by atoms with Gasteiger partial charge in [0.15, 0.2) is 0 Å². The Morgan fingerprint density at radius 1 is 1.15 bits per heavy atom. The maximum absolute atomic E-state index is 12.7. The smallest absolute Gasteiger partial charge is 0.360 e. The molecule has 2 aromatic heterocycles. The van der Waals surface area contributed by atoms with Crippen LogP contribution in [0.15, 0.2) is 47.0 Å². The molecule has 27 heavy (non-hydrogen) atoms. The maximum atomic E-state index is 12.7. The van der Waals surface area contributed by atoms with Crippen molar-refractivity contribution >= 4 is 23.3 Å². The predicted octanol–water partition coefficient (Wildman–Crippen LogP) is 4.47. The number of nitrogens with one attached hydrogen (secondary N) is 2. The van der Waals surface area contributed by atoms with E-state index in [2.05, 4.69) is 21.0 Å². The highest BCUT2D eigenvalue weighted by Gasteiger charge is 2.32. The third-order valence-electron chi connectivity index (χ3n) is 3.56. The number of hydrogen-bond donors (Lipinski definition) is 2. The van der Waals surface area contributed by atoms with Crippen LogP contribution in [0.1, 0.15) is 21.8 Å². The number of alkyl halides is 3. The summed E-state index contributed by atoms with van der Waals surface area (Å²) in [6, 6.07) is 10.0. The number of rotatable bonds is 4. The molecule has 2 N–H and O–H groups in total. The quantitative estimate of drug-likeness (QED) is 0.636. The SMILES string of the molecule is Cc1onc(-c2ccccc2Cl)c1C(=O)NNc1cccc(C(F)(F)F)n1. The van der Waals surface area contributed by atoms with Gasteiger partial charge in [0.25, 0.3) is 5.91 Å². The summed E-state index contributed by atoms with van der Waals surface area (Å²) < 4.78 is 43.2. The van der Waals surface area contributed by atoms with Crippen LogP contribution >= 0.6 is 11.6 Å². The van der Waals surface area contributed by atoms with E-state index in [0.717, 1.165) is 6.07 Å². The molecule has 0 spiro atoms. The Hall–Kier alpha value is -3.07. The fourth-order valence-electron chi connectivity index (χ4n) is 2.32. The van der Waals surface area contributed by atoms with E-state index >= 15 is 0 Å². The minimum absolute atomic E-state index is 0.0996. The van der Waals surface area contributed by atoms with E-state index in [1.807, 2.05) is 0 Å². The van der Waals surface area contributed by atoms with Gasteiger partial charge < -0.3 is 4.52 Å². The number of hydrazine groups is 1. The largest absolute Gasteiger partial charge is 0.433 e. The first-order valence-electron chi connectivity index (χ1n) is 7.59. The number of amides is 1. The zero-order valence-electron chi connectivity index (χ0n) is 13.8. The average molecular weight is 397 g/mol. The lowest BCUT2D eigenvalue weighted by Crippen LogP contribution is -2.30. The summed E-state index contributed by atoms with van der Waals surface area (Å²) in [5.41, 5.74) is 4.36. The van der Waals surface area contributed by atoms with Gasteiger partial charge >= 0.3 is 6.18 Å². The van der Waals surface area contributed by atoms with Gasteiger partial charge in [-0.2, -0.15) is 13.2 Å². The average Bonchev–Trinajstić information content (AvgIpc) is 3.01. The zero-order valence-corrected chi connectivity index (χ0v) is 14.5. The summed E-state index contributed by atoms with van der Waals surface area (Å²) in [5, 5.41) is 4.22. The first-order chi connectivity index (χ1) is 12.8. The number of benzene rings is 1. The zero-order chi connectivity index (χ0) is 19.6. The number of nitrogens with zero attached hydrogens (tertiary/aromatic N) is 2. The summed E-state index contributed by atoms with van der Waals surface area (Å²) >= 11 is 6.13. The van der Waals surface area contributed by atoms with Gasteiger partial charge in [-0.15, -0.1) is 0 Å². The Morgan fingerprint density at radius 3 is 2.59 bits per heavy atom.